The van der Waals surface area contributed by atoms with Crippen LogP contribution in [0.25, 0.3) is 0 Å². The highest BCUT2D eigenvalue weighted by atomic mass is 35.5. The molecule has 116 valence electrons. The van der Waals surface area contributed by atoms with E-state index in [2.05, 4.69) is 5.32 Å². The summed E-state index contributed by atoms with van der Waals surface area (Å²) in [4.78, 5) is 12.3. The molecule has 1 aromatic rings. The number of halogens is 2. The molecule has 1 saturated heterocycles. The van der Waals surface area contributed by atoms with E-state index in [1.54, 1.807) is 6.07 Å². The molecule has 1 amide bonds. The summed E-state index contributed by atoms with van der Waals surface area (Å²) in [6.07, 6.45) is 0. The Labute approximate surface area is 131 Å². The molecular formula is C12H14ClFN2O3S2. The first kappa shape index (κ1) is 16.4. The number of hydrogen-bond acceptors (Lipinski definition) is 5. The summed E-state index contributed by atoms with van der Waals surface area (Å²) < 4.78 is 36.0. The van der Waals surface area contributed by atoms with E-state index in [9.17, 15) is 17.6 Å². The van der Waals surface area contributed by atoms with E-state index in [0.717, 1.165) is 11.8 Å². The molecule has 2 unspecified atom stereocenters. The van der Waals surface area contributed by atoms with Gasteiger partial charge in [-0.05, 0) is 18.2 Å². The first-order valence-corrected chi connectivity index (χ1v) is 9.33. The number of amides is 1. The average Bonchev–Trinajstić information content (AvgIpc) is 2.64. The van der Waals surface area contributed by atoms with Crippen molar-refractivity contribution in [1.29, 1.82) is 0 Å². The van der Waals surface area contributed by atoms with Gasteiger partial charge in [0.25, 0.3) is 0 Å². The lowest BCUT2D eigenvalue weighted by molar-refractivity contribution is -0.119. The van der Waals surface area contributed by atoms with Crippen molar-refractivity contribution in [1.82, 2.24) is 5.32 Å². The van der Waals surface area contributed by atoms with Crippen LogP contribution in [0.4, 0.5) is 10.1 Å². The molecule has 21 heavy (non-hydrogen) atoms. The predicted molar refractivity (Wildman–Crippen MR) is 81.8 cm³/mol. The summed E-state index contributed by atoms with van der Waals surface area (Å²) in [6.45, 7) is 0. The molecule has 2 rings (SSSR count). The van der Waals surface area contributed by atoms with Crippen molar-refractivity contribution in [3.8, 4) is 0 Å². The summed E-state index contributed by atoms with van der Waals surface area (Å²) >= 11 is 7.03. The number of nitrogen functional groups attached to an aromatic ring is 1. The van der Waals surface area contributed by atoms with Crippen molar-refractivity contribution in [2.75, 3.05) is 23.0 Å². The maximum Gasteiger partial charge on any atom is 0.230 e. The summed E-state index contributed by atoms with van der Waals surface area (Å²) in [6, 6.07) is 3.71. The second kappa shape index (κ2) is 6.41. The monoisotopic (exact) mass is 352 g/mol. The number of sulfone groups is 1. The van der Waals surface area contributed by atoms with E-state index in [1.807, 2.05) is 0 Å². The van der Waals surface area contributed by atoms with E-state index in [-0.39, 0.29) is 28.9 Å². The van der Waals surface area contributed by atoms with Gasteiger partial charge in [0.1, 0.15) is 5.82 Å². The lowest BCUT2D eigenvalue weighted by Crippen LogP contribution is -2.41. The van der Waals surface area contributed by atoms with Gasteiger partial charge >= 0.3 is 0 Å². The van der Waals surface area contributed by atoms with Gasteiger partial charge in [0, 0.05) is 4.90 Å². The van der Waals surface area contributed by atoms with Gasteiger partial charge in [0.05, 0.1) is 34.4 Å². The molecule has 2 atom stereocenters. The Bertz CT molecular complexity index is 654. The van der Waals surface area contributed by atoms with Gasteiger partial charge in [-0.25, -0.2) is 12.8 Å². The van der Waals surface area contributed by atoms with Crippen molar-refractivity contribution >= 4 is 44.8 Å². The second-order valence-electron chi connectivity index (χ2n) is 4.74. The fourth-order valence-electron chi connectivity index (χ4n) is 1.93. The Kier molecular flexibility index (Phi) is 5.00. The van der Waals surface area contributed by atoms with Crippen LogP contribution in [0.2, 0.25) is 0 Å². The number of nitrogens with one attached hydrogen (secondary N) is 1. The number of hydrogen-bond donors (Lipinski definition) is 2. The van der Waals surface area contributed by atoms with Gasteiger partial charge in [0.15, 0.2) is 9.84 Å². The minimum atomic E-state index is -3.18. The van der Waals surface area contributed by atoms with Crippen LogP contribution < -0.4 is 11.1 Å². The number of thioether (sulfide) groups is 1. The van der Waals surface area contributed by atoms with Gasteiger partial charge < -0.3 is 11.1 Å². The van der Waals surface area contributed by atoms with Crippen LogP contribution in [0.3, 0.4) is 0 Å². The number of carbonyl (C=O) groups excluding carboxylic acids is 1. The van der Waals surface area contributed by atoms with Gasteiger partial charge in [-0.15, -0.1) is 23.4 Å². The molecule has 0 aromatic heterocycles. The highest BCUT2D eigenvalue weighted by Crippen LogP contribution is 2.22. The van der Waals surface area contributed by atoms with E-state index < -0.39 is 27.1 Å². The van der Waals surface area contributed by atoms with Crippen molar-refractivity contribution in [2.45, 2.75) is 16.3 Å². The number of carbonyl (C=O) groups is 1. The molecule has 1 aromatic carbocycles. The zero-order chi connectivity index (χ0) is 15.6. The van der Waals surface area contributed by atoms with Crippen LogP contribution in [-0.4, -0.2) is 43.0 Å². The number of benzene rings is 1. The molecule has 1 aliphatic heterocycles. The molecule has 9 heteroatoms. The Morgan fingerprint density at radius 1 is 1.48 bits per heavy atom. The van der Waals surface area contributed by atoms with Crippen LogP contribution in [0, 0.1) is 5.82 Å². The smallest absolute Gasteiger partial charge is 0.230 e. The Morgan fingerprint density at radius 2 is 2.19 bits per heavy atom. The highest BCUT2D eigenvalue weighted by Gasteiger charge is 2.37. The van der Waals surface area contributed by atoms with E-state index in [1.165, 1.54) is 12.1 Å². The zero-order valence-electron chi connectivity index (χ0n) is 10.9. The molecule has 5 nitrogen and oxygen atoms in total. The molecular weight excluding hydrogens is 339 g/mol. The normalized spacial score (nSPS) is 23.9. The van der Waals surface area contributed by atoms with Gasteiger partial charge in [0.2, 0.25) is 5.91 Å². The van der Waals surface area contributed by atoms with Crippen LogP contribution in [0.5, 0.6) is 0 Å². The van der Waals surface area contributed by atoms with E-state index >= 15 is 0 Å². The molecule has 0 radical (unpaired) electrons. The molecule has 3 N–H and O–H groups in total. The fraction of sp³-hybridized carbons (Fsp3) is 0.417. The number of alkyl halides is 1. The third-order valence-electron chi connectivity index (χ3n) is 2.97. The van der Waals surface area contributed by atoms with E-state index in [0.29, 0.717) is 4.90 Å². The van der Waals surface area contributed by atoms with Crippen molar-refractivity contribution in [3.05, 3.63) is 24.0 Å². The van der Waals surface area contributed by atoms with Crippen LogP contribution >= 0.6 is 23.4 Å². The first-order valence-electron chi connectivity index (χ1n) is 6.08. The Hall–Kier alpha value is -0.990. The summed E-state index contributed by atoms with van der Waals surface area (Å²) in [7, 11) is -3.18. The highest BCUT2D eigenvalue weighted by molar-refractivity contribution is 8.00. The molecule has 0 spiro atoms. The topological polar surface area (TPSA) is 89.3 Å². The second-order valence-corrected chi connectivity index (χ2v) is 8.50. The standard InChI is InChI=1S/C12H14ClFN2O3S2/c13-8-5-21(18,19)6-11(8)16-12(17)4-20-7-1-2-10(15)9(14)3-7/h1-3,8,11H,4-6,15H2,(H,16,17). The maximum atomic E-state index is 13.2. The Morgan fingerprint density at radius 3 is 2.76 bits per heavy atom. The maximum absolute atomic E-state index is 13.2. The molecule has 0 saturated carbocycles. The predicted octanol–water partition coefficient (Wildman–Crippen LogP) is 1.02. The van der Waals surface area contributed by atoms with Crippen LogP contribution in [-0.2, 0) is 14.6 Å². The van der Waals surface area contributed by atoms with E-state index in [4.69, 9.17) is 17.3 Å². The quantitative estimate of drug-likeness (QED) is 0.480. The minimum absolute atomic E-state index is 0.0452. The number of nitrogens with two attached hydrogens (primary N) is 1. The lowest BCUT2D eigenvalue weighted by atomic mass is 10.2. The third kappa shape index (κ3) is 4.49. The summed E-state index contributed by atoms with van der Waals surface area (Å²) in [5, 5.41) is 1.98. The van der Waals surface area contributed by atoms with Crippen molar-refractivity contribution in [3.63, 3.8) is 0 Å². The first-order chi connectivity index (χ1) is 9.77. The lowest BCUT2D eigenvalue weighted by Gasteiger charge is -2.14. The summed E-state index contributed by atoms with van der Waals surface area (Å²) in [5.74, 6) is -1.11. The number of anilines is 1. The van der Waals surface area contributed by atoms with Crippen LogP contribution in [0.15, 0.2) is 23.1 Å². The van der Waals surface area contributed by atoms with Gasteiger partial charge in [-0.1, -0.05) is 0 Å². The molecule has 1 aliphatic rings. The summed E-state index contributed by atoms with van der Waals surface area (Å²) in [5.41, 5.74) is 5.41. The fourth-order valence-corrected chi connectivity index (χ4v) is 5.21. The molecule has 0 bridgehead atoms. The molecule has 1 heterocycles. The third-order valence-corrected chi connectivity index (χ3v) is 6.34. The van der Waals surface area contributed by atoms with Gasteiger partial charge in [-0.2, -0.15) is 0 Å². The Balaban J connectivity index is 1.86. The molecule has 0 aliphatic carbocycles. The zero-order valence-corrected chi connectivity index (χ0v) is 13.3. The van der Waals surface area contributed by atoms with Gasteiger partial charge in [-0.3, -0.25) is 4.79 Å². The SMILES string of the molecule is Nc1ccc(SCC(=O)NC2CS(=O)(=O)CC2Cl)cc1F. The van der Waals surface area contributed by atoms with Crippen molar-refractivity contribution in [2.24, 2.45) is 0 Å². The minimum Gasteiger partial charge on any atom is -0.396 e. The van der Waals surface area contributed by atoms with Crippen LogP contribution in [0.1, 0.15) is 0 Å². The molecule has 1 fully saturated rings. The average molecular weight is 353 g/mol. The number of rotatable bonds is 4. The largest absolute Gasteiger partial charge is 0.396 e. The van der Waals surface area contributed by atoms with Crippen molar-refractivity contribution < 1.29 is 17.6 Å².